The van der Waals surface area contributed by atoms with E-state index in [0.29, 0.717) is 52.2 Å². The Hall–Kier alpha value is -4.17. The third kappa shape index (κ3) is 5.34. The summed E-state index contributed by atoms with van der Waals surface area (Å²) in [5, 5.41) is 28.8. The highest BCUT2D eigenvalue weighted by molar-refractivity contribution is 7.26. The van der Waals surface area contributed by atoms with Crippen molar-refractivity contribution in [1.29, 1.82) is 5.26 Å². The van der Waals surface area contributed by atoms with E-state index in [1.807, 2.05) is 11.0 Å². The van der Waals surface area contributed by atoms with Crippen LogP contribution in [0.25, 0.3) is 42.5 Å². The Morgan fingerprint density at radius 2 is 2.10 bits per heavy atom. The first-order valence-corrected chi connectivity index (χ1v) is 16.8. The molecule has 0 unspecified atom stereocenters. The van der Waals surface area contributed by atoms with E-state index in [2.05, 4.69) is 20.1 Å². The first kappa shape index (κ1) is 32.1. The fourth-order valence-electron chi connectivity index (χ4n) is 7.87. The van der Waals surface area contributed by atoms with Crippen molar-refractivity contribution in [3.05, 3.63) is 35.2 Å². The van der Waals surface area contributed by atoms with Crippen molar-refractivity contribution in [1.82, 2.24) is 30.0 Å². The lowest BCUT2D eigenvalue weighted by atomic mass is 9.93. The molecule has 4 aromatic heterocycles. The number of β-amino-alcohol motifs (C(OH)–C–C–N with tert-alkyl or cyclic N) is 1. The Bertz CT molecular complexity index is 2160. The fraction of sp³-hybridized carbons (Fsp3) is 0.485. The van der Waals surface area contributed by atoms with Crippen molar-refractivity contribution in [2.45, 2.75) is 56.6 Å². The number of anilines is 1. The van der Waals surface area contributed by atoms with Crippen molar-refractivity contribution in [3.63, 3.8) is 0 Å². The van der Waals surface area contributed by atoms with Crippen LogP contribution >= 0.6 is 11.3 Å². The molecule has 7 heterocycles. The number of aryl methyl sites for hydroxylation is 1. The average Bonchev–Trinajstić information content (AvgIpc) is 3.77. The van der Waals surface area contributed by atoms with Crippen LogP contribution in [0, 0.1) is 18.3 Å². The molecule has 0 aliphatic carbocycles. The highest BCUT2D eigenvalue weighted by Crippen LogP contribution is 2.49. The molecule has 3 aliphatic rings. The highest BCUT2D eigenvalue weighted by atomic mass is 32.1. The van der Waals surface area contributed by atoms with Crippen LogP contribution in [-0.4, -0.2) is 98.5 Å². The van der Waals surface area contributed by atoms with Gasteiger partial charge < -0.3 is 19.5 Å². The number of fused-ring (bicyclic) bond motifs is 5. The van der Waals surface area contributed by atoms with E-state index in [4.69, 9.17) is 19.4 Å². The van der Waals surface area contributed by atoms with E-state index < -0.39 is 29.1 Å². The van der Waals surface area contributed by atoms with Gasteiger partial charge in [0.25, 0.3) is 0 Å². The van der Waals surface area contributed by atoms with Crippen LogP contribution in [-0.2, 0) is 10.9 Å². The minimum Gasteiger partial charge on any atom is -0.461 e. The number of H-pyrrole nitrogens is 1. The zero-order chi connectivity index (χ0) is 34.3. The topological polar surface area (TPSA) is 136 Å². The lowest BCUT2D eigenvalue weighted by Gasteiger charge is -2.31. The number of rotatable bonds is 5. The van der Waals surface area contributed by atoms with Crippen molar-refractivity contribution >= 4 is 48.4 Å². The zero-order valence-corrected chi connectivity index (χ0v) is 27.5. The molecule has 5 aromatic rings. The van der Waals surface area contributed by atoms with Gasteiger partial charge in [-0.15, -0.1) is 11.3 Å². The molecule has 3 fully saturated rings. The Kier molecular flexibility index (Phi) is 7.49. The van der Waals surface area contributed by atoms with Gasteiger partial charge >= 0.3 is 12.2 Å². The van der Waals surface area contributed by atoms with Crippen LogP contribution in [0.15, 0.2) is 18.3 Å². The molecule has 8 rings (SSSR count). The summed E-state index contributed by atoms with van der Waals surface area (Å²) in [5.41, 5.74) is -2.75. The van der Waals surface area contributed by atoms with Crippen molar-refractivity contribution < 1.29 is 32.1 Å². The first-order chi connectivity index (χ1) is 23.4. The molecule has 2 N–H and O–H groups in total. The van der Waals surface area contributed by atoms with Crippen molar-refractivity contribution in [2.75, 3.05) is 50.9 Å². The number of aromatic nitrogens is 5. The Morgan fingerprint density at radius 3 is 2.90 bits per heavy atom. The molecule has 3 saturated heterocycles. The number of aliphatic hydroxyl groups is 1. The monoisotopic (exact) mass is 696 g/mol. The third-order valence-electron chi connectivity index (χ3n) is 9.86. The second kappa shape index (κ2) is 11.4. The van der Waals surface area contributed by atoms with Gasteiger partial charge in [0, 0.05) is 42.0 Å². The number of alkyl halides is 4. The summed E-state index contributed by atoms with van der Waals surface area (Å²) in [5.74, 6) is 0.427. The summed E-state index contributed by atoms with van der Waals surface area (Å²) in [6.45, 7) is 5.31. The molecule has 16 heteroatoms. The number of nitriles is 1. The van der Waals surface area contributed by atoms with E-state index in [-0.39, 0.29) is 59.2 Å². The highest BCUT2D eigenvalue weighted by Gasteiger charge is 2.49. The molecular formula is C33H32F4N8O3S. The maximum atomic E-state index is 14.8. The van der Waals surface area contributed by atoms with E-state index in [1.165, 1.54) is 19.2 Å². The lowest BCUT2D eigenvalue weighted by Crippen LogP contribution is -2.43. The number of halogens is 4. The molecule has 0 amide bonds. The molecule has 1 aromatic carbocycles. The maximum Gasteiger partial charge on any atom is 0.417 e. The molecule has 0 radical (unpaired) electrons. The van der Waals surface area contributed by atoms with Crippen LogP contribution in [0.3, 0.4) is 0 Å². The smallest absolute Gasteiger partial charge is 0.417 e. The molecule has 256 valence electrons. The van der Waals surface area contributed by atoms with E-state index in [0.717, 1.165) is 30.7 Å². The number of ether oxygens (including phenoxy) is 2. The number of nitrogens with zero attached hydrogens (tertiary/aromatic N) is 7. The second-order valence-electron chi connectivity index (χ2n) is 13.5. The minimum atomic E-state index is -4.77. The number of pyridine rings is 1. The predicted octanol–water partition coefficient (Wildman–Crippen LogP) is 5.52. The number of nitrogens with one attached hydrogen (secondary N) is 1. The number of aromatic amines is 1. The van der Waals surface area contributed by atoms with Crippen LogP contribution < -0.4 is 9.64 Å². The quantitative estimate of drug-likeness (QED) is 0.226. The summed E-state index contributed by atoms with van der Waals surface area (Å²) in [6, 6.07) is 5.00. The minimum absolute atomic E-state index is 0.0250. The first-order valence-electron chi connectivity index (χ1n) is 16.0. The van der Waals surface area contributed by atoms with Gasteiger partial charge in [-0.2, -0.15) is 33.5 Å². The Morgan fingerprint density at radius 1 is 1.27 bits per heavy atom. The summed E-state index contributed by atoms with van der Waals surface area (Å²) < 4.78 is 71.3. The largest absolute Gasteiger partial charge is 0.461 e. The molecule has 3 aliphatic heterocycles. The summed E-state index contributed by atoms with van der Waals surface area (Å²) in [4.78, 5) is 18.5. The predicted molar refractivity (Wildman–Crippen MR) is 174 cm³/mol. The van der Waals surface area contributed by atoms with E-state index >= 15 is 0 Å². The van der Waals surface area contributed by atoms with Crippen LogP contribution in [0.2, 0.25) is 0 Å². The van der Waals surface area contributed by atoms with Crippen LogP contribution in [0.5, 0.6) is 6.01 Å². The number of benzene rings is 1. The fourth-order valence-corrected chi connectivity index (χ4v) is 9.03. The van der Waals surface area contributed by atoms with Gasteiger partial charge in [0.15, 0.2) is 5.69 Å². The molecular weight excluding hydrogens is 664 g/mol. The Labute approximate surface area is 281 Å². The summed E-state index contributed by atoms with van der Waals surface area (Å²) in [7, 11) is 0. The normalized spacial score (nSPS) is 24.9. The lowest BCUT2D eigenvalue weighted by molar-refractivity contribution is -0.137. The maximum absolute atomic E-state index is 14.8. The Balaban J connectivity index is 1.35. The second-order valence-corrected chi connectivity index (χ2v) is 14.5. The number of hydrogen-bond acceptors (Lipinski definition) is 11. The van der Waals surface area contributed by atoms with Crippen molar-refractivity contribution in [3.8, 4) is 23.3 Å². The van der Waals surface area contributed by atoms with Gasteiger partial charge in [-0.1, -0.05) is 0 Å². The van der Waals surface area contributed by atoms with Gasteiger partial charge in [0.1, 0.15) is 35.1 Å². The zero-order valence-electron chi connectivity index (χ0n) is 26.7. The van der Waals surface area contributed by atoms with Crippen LogP contribution in [0.4, 0.5) is 23.4 Å². The van der Waals surface area contributed by atoms with E-state index in [9.17, 15) is 27.9 Å². The average molecular weight is 697 g/mol. The third-order valence-corrected chi connectivity index (χ3v) is 11.0. The van der Waals surface area contributed by atoms with Gasteiger partial charge in [-0.25, -0.2) is 4.39 Å². The van der Waals surface area contributed by atoms with Gasteiger partial charge in [-0.05, 0) is 50.9 Å². The summed E-state index contributed by atoms with van der Waals surface area (Å²) >= 11 is 1.14. The SMILES string of the molecule is Cc1cc2[nH]nc(C#N)c2c(-c2nccc3c2sc2nc(OC[C@@]45CCCN4C[C@H](F)C5)nc(N4CCOC[C@@](C)(O)C4)c23)c1C(F)(F)F. The standard InChI is InChI=1S/C33H32F4N8O3S/c1-17-10-20-23(21(12-38)43-42-20)24(25(17)33(35,36)37)26-27-19(4-6-39-26)22-28(44-8-9-47-15-31(2,46)14-44)40-30(41-29(22)49-27)48-16-32-5-3-7-45(32)13-18(34)11-32/h4,6,10,18,46H,3,5,7-9,11,13-16H2,1-2H3,(H,42,43)/t18-,31+,32+/m1/s1. The molecule has 3 atom stereocenters. The molecule has 11 nitrogen and oxygen atoms in total. The molecule has 0 spiro atoms. The number of hydrogen-bond donors (Lipinski definition) is 2. The van der Waals surface area contributed by atoms with Crippen LogP contribution in [0.1, 0.15) is 43.0 Å². The van der Waals surface area contributed by atoms with Gasteiger partial charge in [0.05, 0.1) is 52.2 Å². The van der Waals surface area contributed by atoms with Gasteiger partial charge in [0.2, 0.25) is 0 Å². The molecule has 0 saturated carbocycles. The van der Waals surface area contributed by atoms with Crippen molar-refractivity contribution in [2.24, 2.45) is 0 Å². The van der Waals surface area contributed by atoms with Gasteiger partial charge in [-0.3, -0.25) is 15.0 Å². The number of thiophene rings is 1. The molecule has 49 heavy (non-hydrogen) atoms. The summed E-state index contributed by atoms with van der Waals surface area (Å²) in [6.07, 6.45) is -2.19. The molecule has 0 bridgehead atoms. The van der Waals surface area contributed by atoms with E-state index in [1.54, 1.807) is 13.0 Å².